The first-order chi connectivity index (χ1) is 9.10. The molecule has 0 saturated carbocycles. The number of Topliss-reactive ketones (excluding diaryl/α,β-unsaturated/α-hetero) is 1. The number of halogens is 1. The molecule has 19 heavy (non-hydrogen) atoms. The molecule has 2 aromatic rings. The number of hydrogen-bond donors (Lipinski definition) is 0. The second-order valence-electron chi connectivity index (χ2n) is 4.00. The van der Waals surface area contributed by atoms with Crippen molar-refractivity contribution in [2.45, 2.75) is 19.3 Å². The number of carbonyl (C=O) groups excluding carboxylic acids is 1. The molecule has 0 aliphatic carbocycles. The summed E-state index contributed by atoms with van der Waals surface area (Å²) in [5, 5.41) is 11.4. The van der Waals surface area contributed by atoms with Crippen LogP contribution in [0, 0.1) is 24.1 Å². The van der Waals surface area contributed by atoms with Gasteiger partial charge in [-0.2, -0.15) is 5.26 Å². The lowest BCUT2D eigenvalue weighted by atomic mass is 10.0. The van der Waals surface area contributed by atoms with Crippen LogP contribution < -0.4 is 0 Å². The molecule has 4 nitrogen and oxygen atoms in total. The van der Waals surface area contributed by atoms with Crippen molar-refractivity contribution in [1.29, 1.82) is 5.26 Å². The van der Waals surface area contributed by atoms with Crippen LogP contribution >= 0.6 is 11.3 Å². The van der Waals surface area contributed by atoms with Crippen molar-refractivity contribution >= 4 is 17.1 Å². The quantitative estimate of drug-likeness (QED) is 0.859. The second-order valence-corrected chi connectivity index (χ2v) is 4.89. The zero-order valence-corrected chi connectivity index (χ0v) is 10.9. The number of aryl methyl sites for hydroxylation is 1. The number of thiazole rings is 1. The third-order valence-corrected chi connectivity index (χ3v) is 3.51. The lowest BCUT2D eigenvalue weighted by Gasteiger charge is -2.04. The van der Waals surface area contributed by atoms with Crippen molar-refractivity contribution in [3.05, 3.63) is 45.9 Å². The number of nitrogens with zero attached hydrogens (tertiary/aromatic N) is 3. The van der Waals surface area contributed by atoms with E-state index in [0.29, 0.717) is 10.7 Å². The highest BCUT2D eigenvalue weighted by Crippen LogP contribution is 2.21. The Balaban J connectivity index is 2.14. The van der Waals surface area contributed by atoms with Gasteiger partial charge in [-0.3, -0.25) is 9.78 Å². The molecule has 2 heterocycles. The number of rotatable bonds is 4. The van der Waals surface area contributed by atoms with Crippen LogP contribution in [0.2, 0.25) is 0 Å². The summed E-state index contributed by atoms with van der Waals surface area (Å²) in [5.41, 5.74) is 1.23. The smallest absolute Gasteiger partial charge is 0.162 e. The van der Waals surface area contributed by atoms with Crippen molar-refractivity contribution < 1.29 is 9.18 Å². The Bertz CT molecular complexity index is 630. The van der Waals surface area contributed by atoms with Crippen molar-refractivity contribution in [3.8, 4) is 6.07 Å². The van der Waals surface area contributed by atoms with Gasteiger partial charge in [-0.25, -0.2) is 9.37 Å². The predicted molar refractivity (Wildman–Crippen MR) is 68.1 cm³/mol. The molecule has 0 radical (unpaired) electrons. The summed E-state index contributed by atoms with van der Waals surface area (Å²) in [4.78, 5) is 20.0. The van der Waals surface area contributed by atoms with Crippen molar-refractivity contribution in [2.75, 3.05) is 0 Å². The number of ketones is 1. The molecule has 0 aliphatic heterocycles. The predicted octanol–water partition coefficient (Wildman–Crippen LogP) is 2.40. The first-order valence-corrected chi connectivity index (χ1v) is 6.43. The van der Waals surface area contributed by atoms with E-state index in [1.165, 1.54) is 23.5 Å². The van der Waals surface area contributed by atoms with Gasteiger partial charge in [0.05, 0.1) is 18.7 Å². The number of aromatic nitrogens is 2. The van der Waals surface area contributed by atoms with Crippen molar-refractivity contribution in [1.82, 2.24) is 9.97 Å². The van der Waals surface area contributed by atoms with Gasteiger partial charge < -0.3 is 0 Å². The molecule has 6 heteroatoms. The fraction of sp³-hybridized carbons (Fsp3) is 0.231. The van der Waals surface area contributed by atoms with Gasteiger partial charge in [-0.15, -0.1) is 11.3 Å². The molecule has 0 bridgehead atoms. The molecule has 0 aromatic carbocycles. The Hall–Kier alpha value is -2.13. The topological polar surface area (TPSA) is 66.6 Å². The number of pyridine rings is 1. The minimum Gasteiger partial charge on any atom is -0.297 e. The van der Waals surface area contributed by atoms with Crippen LogP contribution in [0.4, 0.5) is 4.39 Å². The average molecular weight is 275 g/mol. The molecule has 96 valence electrons. The van der Waals surface area contributed by atoms with Gasteiger partial charge in [-0.05, 0) is 19.1 Å². The molecule has 2 aromatic heterocycles. The normalized spacial score (nSPS) is 11.8. The Kier molecular flexibility index (Phi) is 3.97. The SMILES string of the molecule is Cc1csc(C(C#N)C(=O)Cc2ccc(F)cn2)n1. The van der Waals surface area contributed by atoms with Gasteiger partial charge in [0.25, 0.3) is 0 Å². The molecule has 1 unspecified atom stereocenters. The standard InChI is InChI=1S/C13H10FN3OS/c1-8-7-19-13(17-8)11(5-15)12(18)4-10-3-2-9(14)6-16-10/h2-3,6-7,11H,4H2,1H3. The Labute approximate surface area is 113 Å². The van der Waals surface area contributed by atoms with Crippen LogP contribution in [0.1, 0.15) is 22.3 Å². The zero-order valence-electron chi connectivity index (χ0n) is 10.1. The lowest BCUT2D eigenvalue weighted by molar-refractivity contribution is -0.118. The van der Waals surface area contributed by atoms with Gasteiger partial charge in [0.15, 0.2) is 11.7 Å². The first kappa shape index (κ1) is 13.3. The molecule has 2 rings (SSSR count). The average Bonchev–Trinajstić information content (AvgIpc) is 2.80. The van der Waals surface area contributed by atoms with Gasteiger partial charge in [-0.1, -0.05) is 0 Å². The van der Waals surface area contributed by atoms with E-state index in [1.54, 1.807) is 12.3 Å². The van der Waals surface area contributed by atoms with Crippen LogP contribution in [0.3, 0.4) is 0 Å². The number of carbonyl (C=O) groups is 1. The molecule has 1 atom stereocenters. The van der Waals surface area contributed by atoms with Crippen LogP contribution in [-0.2, 0) is 11.2 Å². The molecule has 0 aliphatic rings. The zero-order chi connectivity index (χ0) is 13.8. The van der Waals surface area contributed by atoms with E-state index in [-0.39, 0.29) is 12.2 Å². The maximum absolute atomic E-state index is 12.7. The third-order valence-electron chi connectivity index (χ3n) is 2.48. The lowest BCUT2D eigenvalue weighted by Crippen LogP contribution is -2.14. The fourth-order valence-corrected chi connectivity index (χ4v) is 2.42. The van der Waals surface area contributed by atoms with Crippen LogP contribution in [0.15, 0.2) is 23.7 Å². The van der Waals surface area contributed by atoms with Gasteiger partial charge >= 0.3 is 0 Å². The summed E-state index contributed by atoms with van der Waals surface area (Å²) < 4.78 is 12.7. The van der Waals surface area contributed by atoms with E-state index in [2.05, 4.69) is 9.97 Å². The van der Waals surface area contributed by atoms with Gasteiger partial charge in [0.1, 0.15) is 10.8 Å². The second kappa shape index (κ2) is 5.67. The number of nitriles is 1. The van der Waals surface area contributed by atoms with Crippen LogP contribution in [-0.4, -0.2) is 15.8 Å². The van der Waals surface area contributed by atoms with Gasteiger partial charge in [0, 0.05) is 16.8 Å². The summed E-state index contributed by atoms with van der Waals surface area (Å²) in [5.74, 6) is -1.62. The van der Waals surface area contributed by atoms with E-state index in [9.17, 15) is 9.18 Å². The largest absolute Gasteiger partial charge is 0.297 e. The molecule has 0 saturated heterocycles. The minimum absolute atomic E-state index is 0.00284. The molecule has 0 fully saturated rings. The summed E-state index contributed by atoms with van der Waals surface area (Å²) in [6, 6.07) is 4.64. The summed E-state index contributed by atoms with van der Waals surface area (Å²) in [6.07, 6.45) is 1.05. The Morgan fingerprint density at radius 1 is 1.58 bits per heavy atom. The molecular formula is C13H10FN3OS. The van der Waals surface area contributed by atoms with Crippen molar-refractivity contribution in [3.63, 3.8) is 0 Å². The highest BCUT2D eigenvalue weighted by Gasteiger charge is 2.23. The van der Waals surface area contributed by atoms with Crippen LogP contribution in [0.5, 0.6) is 0 Å². The monoisotopic (exact) mass is 275 g/mol. The number of hydrogen-bond acceptors (Lipinski definition) is 5. The van der Waals surface area contributed by atoms with Crippen molar-refractivity contribution in [2.24, 2.45) is 0 Å². The van der Waals surface area contributed by atoms with E-state index < -0.39 is 11.7 Å². The first-order valence-electron chi connectivity index (χ1n) is 5.55. The van der Waals surface area contributed by atoms with E-state index in [4.69, 9.17) is 5.26 Å². The van der Waals surface area contributed by atoms with Crippen LogP contribution in [0.25, 0.3) is 0 Å². The summed E-state index contributed by atoms with van der Waals surface area (Å²) in [6.45, 7) is 1.81. The highest BCUT2D eigenvalue weighted by atomic mass is 32.1. The van der Waals surface area contributed by atoms with E-state index in [1.807, 2.05) is 6.07 Å². The highest BCUT2D eigenvalue weighted by molar-refractivity contribution is 7.09. The maximum atomic E-state index is 12.7. The Morgan fingerprint density at radius 2 is 2.37 bits per heavy atom. The fourth-order valence-electron chi connectivity index (χ4n) is 1.56. The van der Waals surface area contributed by atoms with Gasteiger partial charge in [0.2, 0.25) is 0 Å². The molecule has 0 spiro atoms. The molecule has 0 amide bonds. The Morgan fingerprint density at radius 3 is 2.89 bits per heavy atom. The summed E-state index contributed by atoms with van der Waals surface area (Å²) in [7, 11) is 0. The third kappa shape index (κ3) is 3.20. The maximum Gasteiger partial charge on any atom is 0.162 e. The van der Waals surface area contributed by atoms with E-state index >= 15 is 0 Å². The molecule has 0 N–H and O–H groups in total. The summed E-state index contributed by atoms with van der Waals surface area (Å²) >= 11 is 1.29. The minimum atomic E-state index is -0.884. The molecular weight excluding hydrogens is 265 g/mol. The van der Waals surface area contributed by atoms with E-state index in [0.717, 1.165) is 11.9 Å².